The molecule has 0 radical (unpaired) electrons. The van der Waals surface area contributed by atoms with Crippen LogP contribution >= 0.6 is 23.2 Å². The number of hydrogen-bond donors (Lipinski definition) is 1. The van der Waals surface area contributed by atoms with Crippen LogP contribution in [0.3, 0.4) is 0 Å². The van der Waals surface area contributed by atoms with Gasteiger partial charge in [0.15, 0.2) is 5.76 Å². The molecule has 0 spiro atoms. The third-order valence-electron chi connectivity index (χ3n) is 6.38. The molecule has 0 aliphatic carbocycles. The maximum Gasteiger partial charge on any atom is 0.251 e. The lowest BCUT2D eigenvalue weighted by atomic mass is 10.0. The zero-order valence-corrected chi connectivity index (χ0v) is 24.2. The van der Waals surface area contributed by atoms with Gasteiger partial charge in [0.1, 0.15) is 24.1 Å². The smallest absolute Gasteiger partial charge is 0.251 e. The van der Waals surface area contributed by atoms with Gasteiger partial charge in [-0.15, -0.1) is 10.2 Å². The predicted molar refractivity (Wildman–Crippen MR) is 158 cm³/mol. The SMILES string of the molecule is COc1ccc(CNC(=O)[C@H](c2ccc(Cl)cc2)N(C(=O)Cn2nnc(-c3ccc(C)o3)n2)c2ccc(Cl)cc2)cc1. The molecule has 3 aromatic carbocycles. The normalized spacial score (nSPS) is 11.6. The van der Waals surface area contributed by atoms with Gasteiger partial charge in [0.2, 0.25) is 11.7 Å². The van der Waals surface area contributed by atoms with Crippen molar-refractivity contribution in [2.75, 3.05) is 12.0 Å². The summed E-state index contributed by atoms with van der Waals surface area (Å²) >= 11 is 12.3. The molecule has 5 rings (SSSR count). The van der Waals surface area contributed by atoms with E-state index in [0.717, 1.165) is 10.4 Å². The molecule has 2 amide bonds. The van der Waals surface area contributed by atoms with Crippen LogP contribution in [0.25, 0.3) is 11.6 Å². The molecule has 0 saturated carbocycles. The molecule has 0 saturated heterocycles. The van der Waals surface area contributed by atoms with Gasteiger partial charge in [-0.3, -0.25) is 14.5 Å². The van der Waals surface area contributed by atoms with E-state index < -0.39 is 17.9 Å². The molecule has 12 heteroatoms. The quantitative estimate of drug-likeness (QED) is 0.219. The molecule has 42 heavy (non-hydrogen) atoms. The van der Waals surface area contributed by atoms with Crippen molar-refractivity contribution in [3.05, 3.63) is 112 Å². The Labute approximate surface area is 251 Å². The second-order valence-electron chi connectivity index (χ2n) is 9.31. The van der Waals surface area contributed by atoms with Crippen molar-refractivity contribution in [1.82, 2.24) is 25.5 Å². The van der Waals surface area contributed by atoms with Gasteiger partial charge >= 0.3 is 0 Å². The second kappa shape index (κ2) is 12.9. The Kier molecular flexibility index (Phi) is 8.85. The summed E-state index contributed by atoms with van der Waals surface area (Å²) in [6.45, 7) is 1.73. The Bertz CT molecular complexity index is 1670. The van der Waals surface area contributed by atoms with E-state index in [9.17, 15) is 9.59 Å². The highest BCUT2D eigenvalue weighted by Gasteiger charge is 2.33. The minimum Gasteiger partial charge on any atom is -0.497 e. The van der Waals surface area contributed by atoms with Crippen LogP contribution in [0.2, 0.25) is 10.0 Å². The first-order chi connectivity index (χ1) is 20.3. The highest BCUT2D eigenvalue weighted by molar-refractivity contribution is 6.31. The molecule has 0 aliphatic heterocycles. The maximum atomic E-state index is 14.0. The van der Waals surface area contributed by atoms with Crippen LogP contribution in [0.4, 0.5) is 5.69 Å². The summed E-state index contributed by atoms with van der Waals surface area (Å²) in [4.78, 5) is 30.5. The number of hydrogen-bond acceptors (Lipinski definition) is 7. The summed E-state index contributed by atoms with van der Waals surface area (Å²) in [5.41, 5.74) is 1.86. The standard InChI is InChI=1S/C30H26Cl2N6O4/c1-19-3-16-26(42-19)29-34-36-37(35-29)18-27(39)38(24-12-10-23(32)11-13-24)28(21-6-8-22(31)9-7-21)30(40)33-17-20-4-14-25(41-2)15-5-20/h3-16,28H,17-18H2,1-2H3,(H,33,40)/t28-/m0/s1. The first kappa shape index (κ1) is 28.8. The summed E-state index contributed by atoms with van der Waals surface area (Å²) < 4.78 is 10.8. The zero-order valence-electron chi connectivity index (χ0n) is 22.7. The summed E-state index contributed by atoms with van der Waals surface area (Å²) in [7, 11) is 1.59. The van der Waals surface area contributed by atoms with Crippen molar-refractivity contribution in [1.29, 1.82) is 0 Å². The number of carbonyl (C=O) groups is 2. The third-order valence-corrected chi connectivity index (χ3v) is 6.89. The molecule has 10 nitrogen and oxygen atoms in total. The summed E-state index contributed by atoms with van der Waals surface area (Å²) in [6, 6.07) is 23.2. The van der Waals surface area contributed by atoms with Crippen LogP contribution in [0.1, 0.15) is 22.9 Å². The molecular formula is C30H26Cl2N6O4. The molecule has 214 valence electrons. The summed E-state index contributed by atoms with van der Waals surface area (Å²) in [6.07, 6.45) is 0. The summed E-state index contributed by atoms with van der Waals surface area (Å²) in [5.74, 6) is 1.19. The molecule has 0 unspecified atom stereocenters. The lowest BCUT2D eigenvalue weighted by molar-refractivity contribution is -0.127. The second-order valence-corrected chi connectivity index (χ2v) is 10.2. The van der Waals surface area contributed by atoms with Gasteiger partial charge in [-0.1, -0.05) is 47.5 Å². The number of rotatable bonds is 10. The van der Waals surface area contributed by atoms with E-state index >= 15 is 0 Å². The van der Waals surface area contributed by atoms with E-state index in [-0.39, 0.29) is 18.9 Å². The molecule has 2 aromatic heterocycles. The Hall–Kier alpha value is -4.67. The Morgan fingerprint density at radius 3 is 2.24 bits per heavy atom. The number of aromatic nitrogens is 4. The number of aryl methyl sites for hydroxylation is 1. The number of anilines is 1. The number of halogens is 2. The number of amides is 2. The van der Waals surface area contributed by atoms with E-state index in [1.165, 1.54) is 4.90 Å². The van der Waals surface area contributed by atoms with Crippen molar-refractivity contribution in [2.45, 2.75) is 26.1 Å². The molecule has 1 N–H and O–H groups in total. The average Bonchev–Trinajstić information content (AvgIpc) is 3.65. The summed E-state index contributed by atoms with van der Waals surface area (Å²) in [5, 5.41) is 16.3. The molecule has 2 heterocycles. The van der Waals surface area contributed by atoms with Crippen molar-refractivity contribution in [3.8, 4) is 17.3 Å². The lowest BCUT2D eigenvalue weighted by Crippen LogP contribution is -2.45. The fourth-order valence-electron chi connectivity index (χ4n) is 4.29. The number of tetrazole rings is 1. The first-order valence-corrected chi connectivity index (χ1v) is 13.6. The van der Waals surface area contributed by atoms with Crippen LogP contribution in [0.15, 0.2) is 89.3 Å². The molecule has 0 fully saturated rings. The molecule has 1 atom stereocenters. The van der Waals surface area contributed by atoms with Crippen molar-refractivity contribution in [3.63, 3.8) is 0 Å². The van der Waals surface area contributed by atoms with Gasteiger partial charge < -0.3 is 14.5 Å². The Morgan fingerprint density at radius 1 is 0.952 bits per heavy atom. The minimum atomic E-state index is -1.06. The van der Waals surface area contributed by atoms with E-state index in [0.29, 0.717) is 38.6 Å². The number of ether oxygens (including phenoxy) is 1. The van der Waals surface area contributed by atoms with Gasteiger partial charge in [0.25, 0.3) is 5.91 Å². The number of nitrogens with zero attached hydrogens (tertiary/aromatic N) is 5. The number of nitrogens with one attached hydrogen (secondary N) is 1. The van der Waals surface area contributed by atoms with Gasteiger partial charge in [-0.05, 0) is 83.9 Å². The fourth-order valence-corrected chi connectivity index (χ4v) is 4.54. The van der Waals surface area contributed by atoms with E-state index in [1.54, 1.807) is 74.7 Å². The Morgan fingerprint density at radius 2 is 1.62 bits per heavy atom. The molecular weight excluding hydrogens is 579 g/mol. The van der Waals surface area contributed by atoms with Crippen LogP contribution in [0, 0.1) is 6.92 Å². The van der Waals surface area contributed by atoms with E-state index in [1.807, 2.05) is 24.3 Å². The fraction of sp³-hybridized carbons (Fsp3) is 0.167. The maximum absolute atomic E-state index is 14.0. The number of benzene rings is 3. The van der Waals surface area contributed by atoms with E-state index in [2.05, 4.69) is 20.7 Å². The van der Waals surface area contributed by atoms with Crippen molar-refractivity contribution in [2.24, 2.45) is 0 Å². The van der Waals surface area contributed by atoms with Gasteiger partial charge in [-0.2, -0.15) is 4.80 Å². The van der Waals surface area contributed by atoms with Gasteiger partial charge in [0.05, 0.1) is 7.11 Å². The topological polar surface area (TPSA) is 115 Å². The Balaban J connectivity index is 1.48. The number of carbonyl (C=O) groups excluding carboxylic acids is 2. The highest BCUT2D eigenvalue weighted by Crippen LogP contribution is 2.30. The first-order valence-electron chi connectivity index (χ1n) is 12.9. The molecule has 0 aliphatic rings. The monoisotopic (exact) mass is 604 g/mol. The molecule has 0 bridgehead atoms. The van der Waals surface area contributed by atoms with E-state index in [4.69, 9.17) is 32.4 Å². The minimum absolute atomic E-state index is 0.228. The number of methoxy groups -OCH3 is 1. The van der Waals surface area contributed by atoms with Crippen LogP contribution in [-0.2, 0) is 22.7 Å². The van der Waals surface area contributed by atoms with Crippen LogP contribution in [0.5, 0.6) is 5.75 Å². The van der Waals surface area contributed by atoms with Gasteiger partial charge in [-0.25, -0.2) is 0 Å². The van der Waals surface area contributed by atoms with Crippen LogP contribution < -0.4 is 15.0 Å². The van der Waals surface area contributed by atoms with Gasteiger partial charge in [0, 0.05) is 22.3 Å². The van der Waals surface area contributed by atoms with Crippen molar-refractivity contribution < 1.29 is 18.7 Å². The molecule has 5 aromatic rings. The number of furan rings is 1. The predicted octanol–water partition coefficient (Wildman–Crippen LogP) is 5.65. The van der Waals surface area contributed by atoms with Crippen molar-refractivity contribution >= 4 is 40.7 Å². The zero-order chi connectivity index (χ0) is 29.6. The third kappa shape index (κ3) is 6.79. The lowest BCUT2D eigenvalue weighted by Gasteiger charge is -2.31. The largest absolute Gasteiger partial charge is 0.497 e. The average molecular weight is 605 g/mol. The highest BCUT2D eigenvalue weighted by atomic mass is 35.5. The van der Waals surface area contributed by atoms with Crippen LogP contribution in [-0.4, -0.2) is 39.1 Å².